The van der Waals surface area contributed by atoms with E-state index in [9.17, 15) is 9.18 Å². The van der Waals surface area contributed by atoms with Gasteiger partial charge in [-0.2, -0.15) is 0 Å². The van der Waals surface area contributed by atoms with Gasteiger partial charge < -0.3 is 14.8 Å². The lowest BCUT2D eigenvalue weighted by atomic mass is 10.1. The highest BCUT2D eigenvalue weighted by molar-refractivity contribution is 7.98. The quantitative estimate of drug-likeness (QED) is 0.519. The second-order valence-corrected chi connectivity index (χ2v) is 9.68. The summed E-state index contributed by atoms with van der Waals surface area (Å²) in [5.41, 5.74) is 0.194. The monoisotopic (exact) mass is 386 g/mol. The zero-order valence-electron chi connectivity index (χ0n) is 16.7. The molecule has 148 valence electrons. The molecule has 1 amide bonds. The lowest BCUT2D eigenvalue weighted by Crippen LogP contribution is -2.34. The fraction of sp³-hybridized carbons (Fsp3) is 0.632. The molecule has 0 saturated carbocycles. The molecule has 2 N–H and O–H groups in total. The van der Waals surface area contributed by atoms with Crippen LogP contribution in [0, 0.1) is 5.82 Å². The molecule has 0 aromatic heterocycles. The first-order valence-corrected chi connectivity index (χ1v) is 9.52. The summed E-state index contributed by atoms with van der Waals surface area (Å²) in [6.07, 6.45) is -0.489. The van der Waals surface area contributed by atoms with Crippen LogP contribution in [0.2, 0.25) is 0 Å². The third-order valence-electron chi connectivity index (χ3n) is 3.01. The Kier molecular flexibility index (Phi) is 8.21. The maximum Gasteiger partial charge on any atom is 0.407 e. The van der Waals surface area contributed by atoms with E-state index in [2.05, 4.69) is 30.8 Å². The Morgan fingerprint density at radius 2 is 1.88 bits per heavy atom. The van der Waals surface area contributed by atoms with Gasteiger partial charge in [0.05, 0.1) is 6.54 Å². The third-order valence-corrected chi connectivity index (χ3v) is 4.09. The van der Waals surface area contributed by atoms with E-state index < -0.39 is 11.7 Å². The van der Waals surface area contributed by atoms with Crippen LogP contribution in [0.1, 0.15) is 60.1 Å². The van der Waals surface area contributed by atoms with E-state index in [0.717, 1.165) is 5.56 Å². The Hall–Kier alpha value is -1.47. The van der Waals surface area contributed by atoms with E-state index in [1.165, 1.54) is 12.1 Å². The fourth-order valence-corrected chi connectivity index (χ4v) is 2.60. The highest BCUT2D eigenvalue weighted by atomic mass is 32.2. The summed E-state index contributed by atoms with van der Waals surface area (Å²) in [6, 6.07) is 4.35. The van der Waals surface area contributed by atoms with E-state index in [4.69, 9.17) is 9.47 Å². The van der Waals surface area contributed by atoms with Crippen molar-refractivity contribution < 1.29 is 18.7 Å². The summed E-state index contributed by atoms with van der Waals surface area (Å²) in [5.74, 6) is 0.278. The largest absolute Gasteiger partial charge is 0.491 e. The molecule has 7 heteroatoms. The molecular weight excluding hydrogens is 355 g/mol. The minimum absolute atomic E-state index is 0.0416. The van der Waals surface area contributed by atoms with Crippen molar-refractivity contribution in [3.05, 3.63) is 29.6 Å². The van der Waals surface area contributed by atoms with E-state index in [-0.39, 0.29) is 23.2 Å². The predicted octanol–water partition coefficient (Wildman–Crippen LogP) is 4.83. The Balaban J connectivity index is 2.60. The molecule has 0 spiro atoms. The highest BCUT2D eigenvalue weighted by Gasteiger charge is 2.18. The Bertz CT molecular complexity index is 597. The Morgan fingerprint density at radius 1 is 1.23 bits per heavy atom. The van der Waals surface area contributed by atoms with Crippen molar-refractivity contribution in [1.29, 1.82) is 0 Å². The van der Waals surface area contributed by atoms with Gasteiger partial charge in [-0.15, -0.1) is 0 Å². The minimum Gasteiger partial charge on any atom is -0.491 e. The van der Waals surface area contributed by atoms with Crippen LogP contribution in [0.3, 0.4) is 0 Å². The summed E-state index contributed by atoms with van der Waals surface area (Å²) >= 11 is 1.59. The molecule has 0 saturated heterocycles. The highest BCUT2D eigenvalue weighted by Crippen LogP contribution is 2.30. The van der Waals surface area contributed by atoms with E-state index in [1.807, 2.05) is 6.92 Å². The number of amides is 1. The molecule has 1 unspecified atom stereocenters. The molecule has 5 nitrogen and oxygen atoms in total. The van der Waals surface area contributed by atoms with Crippen LogP contribution in [-0.4, -0.2) is 29.6 Å². The summed E-state index contributed by atoms with van der Waals surface area (Å²) in [7, 11) is 0. The van der Waals surface area contributed by atoms with Crippen molar-refractivity contribution in [2.45, 2.75) is 64.9 Å². The minimum atomic E-state index is -0.541. The number of ether oxygens (including phenoxy) is 2. The Labute approximate surface area is 160 Å². The van der Waals surface area contributed by atoms with Crippen molar-refractivity contribution in [1.82, 2.24) is 10.0 Å². The van der Waals surface area contributed by atoms with E-state index >= 15 is 0 Å². The number of alkyl carbamates (subject to hydrolysis) is 1. The number of nitrogens with one attached hydrogen (secondary N) is 2. The lowest BCUT2D eigenvalue weighted by Gasteiger charge is -2.23. The molecule has 0 aliphatic heterocycles. The molecule has 1 rings (SSSR count). The first-order chi connectivity index (χ1) is 11.9. The second-order valence-electron chi connectivity index (χ2n) is 8.01. The molecule has 0 heterocycles. The van der Waals surface area contributed by atoms with Crippen molar-refractivity contribution in [3.63, 3.8) is 0 Å². The molecule has 1 aromatic rings. The maximum atomic E-state index is 13.7. The SMILES string of the molecule is CC(NSC(C)(C)C)c1cc(F)ccc1OCCNC(=O)OC(C)(C)C. The number of rotatable bonds is 7. The number of benzene rings is 1. The number of halogens is 1. The summed E-state index contributed by atoms with van der Waals surface area (Å²) < 4.78 is 27.9. The van der Waals surface area contributed by atoms with Crippen LogP contribution in [0.15, 0.2) is 18.2 Å². The average Bonchev–Trinajstić information content (AvgIpc) is 2.47. The molecule has 0 aliphatic carbocycles. The van der Waals surface area contributed by atoms with Crippen LogP contribution in [0.25, 0.3) is 0 Å². The average molecular weight is 387 g/mol. The van der Waals surface area contributed by atoms with Crippen LogP contribution in [0.5, 0.6) is 5.75 Å². The molecule has 26 heavy (non-hydrogen) atoms. The van der Waals surface area contributed by atoms with Gasteiger partial charge in [0, 0.05) is 16.4 Å². The van der Waals surface area contributed by atoms with Crippen molar-refractivity contribution in [2.75, 3.05) is 13.2 Å². The molecule has 1 aromatic carbocycles. The number of hydrogen-bond acceptors (Lipinski definition) is 5. The normalized spacial score (nSPS) is 13.2. The van der Waals surface area contributed by atoms with Gasteiger partial charge in [-0.3, -0.25) is 4.72 Å². The summed E-state index contributed by atoms with van der Waals surface area (Å²) in [5, 5.41) is 2.63. The van der Waals surface area contributed by atoms with Crippen LogP contribution < -0.4 is 14.8 Å². The van der Waals surface area contributed by atoms with Gasteiger partial charge in [-0.25, -0.2) is 9.18 Å². The first kappa shape index (κ1) is 22.6. The van der Waals surface area contributed by atoms with E-state index in [1.54, 1.807) is 38.8 Å². The zero-order chi connectivity index (χ0) is 20.0. The smallest absolute Gasteiger partial charge is 0.407 e. The zero-order valence-corrected chi connectivity index (χ0v) is 17.6. The lowest BCUT2D eigenvalue weighted by molar-refractivity contribution is 0.0520. The molecule has 0 radical (unpaired) electrons. The first-order valence-electron chi connectivity index (χ1n) is 8.70. The van der Waals surface area contributed by atoms with Crippen molar-refractivity contribution in [2.24, 2.45) is 0 Å². The van der Waals surface area contributed by atoms with Gasteiger partial charge in [0.15, 0.2) is 0 Å². The van der Waals surface area contributed by atoms with Crippen LogP contribution >= 0.6 is 11.9 Å². The fourth-order valence-electron chi connectivity index (χ4n) is 1.95. The van der Waals surface area contributed by atoms with Crippen LogP contribution in [-0.2, 0) is 4.74 Å². The second kappa shape index (κ2) is 9.46. The third kappa shape index (κ3) is 9.29. The van der Waals surface area contributed by atoms with Gasteiger partial charge in [0.1, 0.15) is 23.8 Å². The summed E-state index contributed by atoms with van der Waals surface area (Å²) in [6.45, 7) is 14.2. The molecule has 0 aliphatic rings. The van der Waals surface area contributed by atoms with Gasteiger partial charge in [-0.1, -0.05) is 11.9 Å². The standard InChI is InChI=1S/C19H31FN2O3S/c1-13(22-26-19(5,6)7)15-12-14(20)8-9-16(15)24-11-10-21-17(23)25-18(2,3)4/h8-9,12-13,22H,10-11H2,1-7H3,(H,21,23). The molecule has 1 atom stereocenters. The summed E-state index contributed by atoms with van der Waals surface area (Å²) in [4.78, 5) is 11.6. The maximum absolute atomic E-state index is 13.7. The predicted molar refractivity (Wildman–Crippen MR) is 105 cm³/mol. The van der Waals surface area contributed by atoms with Crippen LogP contribution in [0.4, 0.5) is 9.18 Å². The number of carbonyl (C=O) groups is 1. The molecular formula is C19H31FN2O3S. The topological polar surface area (TPSA) is 59.6 Å². The van der Waals surface area contributed by atoms with Crippen molar-refractivity contribution in [3.8, 4) is 5.75 Å². The molecule has 0 bridgehead atoms. The number of carbonyl (C=O) groups excluding carboxylic acids is 1. The van der Waals surface area contributed by atoms with Crippen molar-refractivity contribution >= 4 is 18.0 Å². The van der Waals surface area contributed by atoms with Gasteiger partial charge >= 0.3 is 6.09 Å². The van der Waals surface area contributed by atoms with Gasteiger partial charge in [-0.05, 0) is 66.7 Å². The van der Waals surface area contributed by atoms with E-state index in [0.29, 0.717) is 12.3 Å². The van der Waals surface area contributed by atoms with Gasteiger partial charge in [0.2, 0.25) is 0 Å². The number of hydrogen-bond donors (Lipinski definition) is 2. The molecule has 0 fully saturated rings. The van der Waals surface area contributed by atoms with Gasteiger partial charge in [0.25, 0.3) is 0 Å². The Morgan fingerprint density at radius 3 is 2.46 bits per heavy atom.